The van der Waals surface area contributed by atoms with Crippen molar-refractivity contribution in [2.45, 2.75) is 90.6 Å². The van der Waals surface area contributed by atoms with E-state index in [2.05, 4.69) is 16.0 Å². The largest absolute Gasteiger partial charge is 0.378 e. The molecule has 1 atom stereocenters. The van der Waals surface area contributed by atoms with Gasteiger partial charge in [-0.2, -0.15) is 0 Å². The van der Waals surface area contributed by atoms with E-state index in [0.717, 1.165) is 25.7 Å². The maximum Gasteiger partial charge on any atom is 0.318 e. The first-order chi connectivity index (χ1) is 16.5. The zero-order valence-electron chi connectivity index (χ0n) is 21.7. The average molecular weight is 495 g/mol. The molecule has 0 aromatic heterocycles. The summed E-state index contributed by atoms with van der Waals surface area (Å²) in [5, 5.41) is 8.13. The molecule has 3 N–H and O–H groups in total. The van der Waals surface area contributed by atoms with E-state index in [1.54, 1.807) is 25.7 Å². The van der Waals surface area contributed by atoms with Crippen LogP contribution in [0.3, 0.4) is 0 Å². The molecule has 35 heavy (non-hydrogen) atoms. The van der Waals surface area contributed by atoms with Crippen molar-refractivity contribution in [1.29, 1.82) is 0 Å². The lowest BCUT2D eigenvalue weighted by atomic mass is 9.80. The second kappa shape index (κ2) is 13.0. The Morgan fingerprint density at radius 1 is 1.00 bits per heavy atom. The van der Waals surface area contributed by atoms with E-state index >= 15 is 0 Å². The van der Waals surface area contributed by atoms with Gasteiger partial charge in [-0.25, -0.2) is 4.79 Å². The fourth-order valence-electron chi connectivity index (χ4n) is 4.26. The fourth-order valence-corrected chi connectivity index (χ4v) is 4.26. The maximum atomic E-state index is 13.5. The van der Waals surface area contributed by atoms with Gasteiger partial charge in [-0.15, -0.1) is 0 Å². The molecule has 1 saturated carbocycles. The highest BCUT2D eigenvalue weighted by Crippen LogP contribution is 2.29. The third-order valence-corrected chi connectivity index (χ3v) is 6.72. The highest BCUT2D eigenvalue weighted by Gasteiger charge is 2.43. The monoisotopic (exact) mass is 494 g/mol. The van der Waals surface area contributed by atoms with Crippen LogP contribution >= 0.6 is 0 Å². The minimum atomic E-state index is -1.13. The molecule has 1 aliphatic carbocycles. The predicted octanol–water partition coefficient (Wildman–Crippen LogP) is 1.71. The SMILES string of the molecule is CCCC[C@H](NC(=O)C1(NC(=O)N2CCOCC2)CCCCC1)C(=O)C(=O)NCC(=O)C(C)(C)C. The molecule has 0 unspecified atom stereocenters. The fraction of sp³-hybridized carbons (Fsp3) is 0.800. The third-order valence-electron chi connectivity index (χ3n) is 6.72. The summed E-state index contributed by atoms with van der Waals surface area (Å²) in [5.41, 5.74) is -1.77. The minimum Gasteiger partial charge on any atom is -0.378 e. The lowest BCUT2D eigenvalue weighted by Crippen LogP contribution is -2.64. The van der Waals surface area contributed by atoms with E-state index in [4.69, 9.17) is 4.74 Å². The van der Waals surface area contributed by atoms with Crippen LogP contribution in [0, 0.1) is 5.41 Å². The number of carbonyl (C=O) groups excluding carboxylic acids is 5. The zero-order valence-corrected chi connectivity index (χ0v) is 21.7. The van der Waals surface area contributed by atoms with Crippen LogP contribution in [-0.2, 0) is 23.9 Å². The number of urea groups is 1. The number of nitrogens with one attached hydrogen (secondary N) is 3. The lowest BCUT2D eigenvalue weighted by molar-refractivity contribution is -0.141. The van der Waals surface area contributed by atoms with Crippen molar-refractivity contribution in [3.05, 3.63) is 0 Å². The Kier molecular flexibility index (Phi) is 10.7. The van der Waals surface area contributed by atoms with Gasteiger partial charge >= 0.3 is 6.03 Å². The molecule has 4 amide bonds. The Balaban J connectivity index is 2.11. The number of ether oxygens (including phenoxy) is 1. The van der Waals surface area contributed by atoms with Gasteiger partial charge in [0.15, 0.2) is 5.78 Å². The van der Waals surface area contributed by atoms with Gasteiger partial charge in [0.2, 0.25) is 11.7 Å². The highest BCUT2D eigenvalue weighted by molar-refractivity contribution is 6.38. The number of amides is 4. The quantitative estimate of drug-likeness (QED) is 0.396. The van der Waals surface area contributed by atoms with Crippen LogP contribution in [0.25, 0.3) is 0 Å². The van der Waals surface area contributed by atoms with E-state index in [0.29, 0.717) is 52.0 Å². The summed E-state index contributed by atoms with van der Waals surface area (Å²) in [6, 6.07) is -1.34. The number of rotatable bonds is 10. The van der Waals surface area contributed by atoms with Crippen molar-refractivity contribution in [3.8, 4) is 0 Å². The molecule has 198 valence electrons. The van der Waals surface area contributed by atoms with E-state index < -0.39 is 34.6 Å². The van der Waals surface area contributed by atoms with Crippen LogP contribution in [0.5, 0.6) is 0 Å². The summed E-state index contributed by atoms with van der Waals surface area (Å²) in [7, 11) is 0. The lowest BCUT2D eigenvalue weighted by Gasteiger charge is -2.39. The molecule has 10 heteroatoms. The van der Waals surface area contributed by atoms with Crippen molar-refractivity contribution in [2.75, 3.05) is 32.8 Å². The van der Waals surface area contributed by atoms with E-state index in [9.17, 15) is 24.0 Å². The molecule has 0 bridgehead atoms. The standard InChI is InChI=1S/C25H42N4O6/c1-5-6-10-18(20(31)21(32)26-17-19(30)24(2,3)4)27-22(33)25(11-8-7-9-12-25)28-23(34)29-13-15-35-16-14-29/h18H,5-17H2,1-4H3,(H,26,32)(H,27,33)(H,28,34)/t18-/m0/s1. The first-order valence-corrected chi connectivity index (χ1v) is 12.8. The van der Waals surface area contributed by atoms with Crippen LogP contribution in [0.1, 0.15) is 79.1 Å². The Bertz CT molecular complexity index is 779. The van der Waals surface area contributed by atoms with Gasteiger partial charge in [0, 0.05) is 18.5 Å². The van der Waals surface area contributed by atoms with Crippen molar-refractivity contribution < 1.29 is 28.7 Å². The smallest absolute Gasteiger partial charge is 0.318 e. The van der Waals surface area contributed by atoms with Crippen LogP contribution in [0.2, 0.25) is 0 Å². The normalized spacial score (nSPS) is 18.8. The Morgan fingerprint density at radius 3 is 2.20 bits per heavy atom. The van der Waals surface area contributed by atoms with Gasteiger partial charge in [0.1, 0.15) is 5.54 Å². The number of nitrogens with zero attached hydrogens (tertiary/aromatic N) is 1. The zero-order chi connectivity index (χ0) is 26.1. The molecular weight excluding hydrogens is 452 g/mol. The van der Waals surface area contributed by atoms with Crippen LogP contribution in [0.15, 0.2) is 0 Å². The number of morpholine rings is 1. The summed E-state index contributed by atoms with van der Waals surface area (Å²) in [4.78, 5) is 65.7. The summed E-state index contributed by atoms with van der Waals surface area (Å²) in [5.74, 6) is -2.30. The number of Topliss-reactive ketones (excluding diaryl/α,β-unsaturated/α-hetero) is 2. The molecule has 2 rings (SSSR count). The first-order valence-electron chi connectivity index (χ1n) is 12.8. The topological polar surface area (TPSA) is 134 Å². The molecular formula is C25H42N4O6. The number of carbonyl (C=O) groups is 5. The van der Waals surface area contributed by atoms with Gasteiger partial charge in [-0.1, -0.05) is 59.8 Å². The molecule has 0 spiro atoms. The predicted molar refractivity (Wildman–Crippen MR) is 131 cm³/mol. The average Bonchev–Trinajstić information content (AvgIpc) is 2.84. The molecule has 0 aromatic carbocycles. The van der Waals surface area contributed by atoms with E-state index in [1.165, 1.54) is 0 Å². The van der Waals surface area contributed by atoms with Crippen LogP contribution in [-0.4, -0.2) is 78.7 Å². The molecule has 10 nitrogen and oxygen atoms in total. The minimum absolute atomic E-state index is 0.195. The molecule has 1 heterocycles. The van der Waals surface area contributed by atoms with Crippen molar-refractivity contribution in [1.82, 2.24) is 20.9 Å². The van der Waals surface area contributed by atoms with Crippen molar-refractivity contribution in [2.24, 2.45) is 5.41 Å². The van der Waals surface area contributed by atoms with Crippen molar-refractivity contribution >= 4 is 29.4 Å². The second-order valence-corrected chi connectivity index (χ2v) is 10.6. The van der Waals surface area contributed by atoms with E-state index in [1.807, 2.05) is 6.92 Å². The summed E-state index contributed by atoms with van der Waals surface area (Å²) >= 11 is 0. The van der Waals surface area contributed by atoms with Gasteiger partial charge in [0.25, 0.3) is 5.91 Å². The summed E-state index contributed by atoms with van der Waals surface area (Å²) in [6.45, 7) is 8.73. The molecule has 0 aromatic rings. The molecule has 2 aliphatic rings. The van der Waals surface area contributed by atoms with Gasteiger partial charge in [-0.3, -0.25) is 19.2 Å². The third kappa shape index (κ3) is 8.30. The number of hydrogen-bond acceptors (Lipinski definition) is 6. The summed E-state index contributed by atoms with van der Waals surface area (Å²) < 4.78 is 5.31. The Morgan fingerprint density at radius 2 is 1.63 bits per heavy atom. The van der Waals surface area contributed by atoms with Gasteiger partial charge in [-0.05, 0) is 19.3 Å². The first kappa shape index (κ1) is 28.7. The van der Waals surface area contributed by atoms with Crippen LogP contribution < -0.4 is 16.0 Å². The molecule has 0 radical (unpaired) electrons. The molecule has 1 aliphatic heterocycles. The van der Waals surface area contributed by atoms with Gasteiger partial charge in [0.05, 0.1) is 25.8 Å². The molecule has 1 saturated heterocycles. The maximum absolute atomic E-state index is 13.5. The summed E-state index contributed by atoms with van der Waals surface area (Å²) in [6.07, 6.45) is 5.17. The highest BCUT2D eigenvalue weighted by atomic mass is 16.5. The number of hydrogen-bond donors (Lipinski definition) is 3. The Hall–Kier alpha value is -2.49. The van der Waals surface area contributed by atoms with Gasteiger partial charge < -0.3 is 25.6 Å². The van der Waals surface area contributed by atoms with E-state index in [-0.39, 0.29) is 18.4 Å². The molecule has 2 fully saturated rings. The number of ketones is 2. The second-order valence-electron chi connectivity index (χ2n) is 10.6. The van der Waals surface area contributed by atoms with Crippen LogP contribution in [0.4, 0.5) is 4.79 Å². The number of unbranched alkanes of at least 4 members (excludes halogenated alkanes) is 1. The Labute approximate surface area is 208 Å². The van der Waals surface area contributed by atoms with Crippen molar-refractivity contribution in [3.63, 3.8) is 0 Å².